The molecule has 9 heteroatoms. The summed E-state index contributed by atoms with van der Waals surface area (Å²) in [6.45, 7) is 4.31. The summed E-state index contributed by atoms with van der Waals surface area (Å²) in [5, 5.41) is 14.9. The first-order chi connectivity index (χ1) is 16.5. The minimum Gasteiger partial charge on any atom is -0.486 e. The van der Waals surface area contributed by atoms with E-state index in [1.807, 2.05) is 24.3 Å². The lowest BCUT2D eigenvalue weighted by molar-refractivity contribution is -0.126. The topological polar surface area (TPSA) is 74.3 Å². The number of amides is 1. The molecule has 0 bridgehead atoms. The summed E-state index contributed by atoms with van der Waals surface area (Å²) in [6, 6.07) is 9.90. The van der Waals surface area contributed by atoms with Gasteiger partial charge in [-0.15, -0.1) is 0 Å². The van der Waals surface area contributed by atoms with Crippen LogP contribution in [0.3, 0.4) is 0 Å². The standard InChI is InChI=1S/C25H29ClFN3O4/c26-18-2-4-19(5-3-18)30-9-6-16(14-30)25(32)28-21(15-29-7-1-8-29)23(31)17-12-20(27)24-22(13-17)33-10-11-34-24/h2-5,12-13,16,21,23,31H,1,6-11,14-15H2,(H,28,32). The van der Waals surface area contributed by atoms with Crippen molar-refractivity contribution in [2.24, 2.45) is 5.92 Å². The summed E-state index contributed by atoms with van der Waals surface area (Å²) in [7, 11) is 0. The maximum absolute atomic E-state index is 14.6. The first-order valence-electron chi connectivity index (χ1n) is 11.8. The van der Waals surface area contributed by atoms with Crippen LogP contribution in [0.4, 0.5) is 10.1 Å². The predicted molar refractivity (Wildman–Crippen MR) is 127 cm³/mol. The number of carbonyl (C=O) groups is 1. The number of carbonyl (C=O) groups excluding carboxylic acids is 1. The van der Waals surface area contributed by atoms with Crippen LogP contribution in [0.15, 0.2) is 36.4 Å². The van der Waals surface area contributed by atoms with Gasteiger partial charge in [-0.2, -0.15) is 0 Å². The van der Waals surface area contributed by atoms with Gasteiger partial charge in [-0.05, 0) is 67.9 Å². The maximum atomic E-state index is 14.6. The Hall–Kier alpha value is -2.55. The fraction of sp³-hybridized carbons (Fsp3) is 0.480. The van der Waals surface area contributed by atoms with Gasteiger partial charge in [0.2, 0.25) is 5.91 Å². The third-order valence-corrected chi connectivity index (χ3v) is 7.08. The summed E-state index contributed by atoms with van der Waals surface area (Å²) in [5.74, 6) is -0.519. The van der Waals surface area contributed by atoms with Crippen LogP contribution in [0.2, 0.25) is 5.02 Å². The van der Waals surface area contributed by atoms with Crippen LogP contribution in [0.25, 0.3) is 0 Å². The van der Waals surface area contributed by atoms with Crippen molar-refractivity contribution in [3.63, 3.8) is 0 Å². The number of nitrogens with zero attached hydrogens (tertiary/aromatic N) is 2. The number of halogens is 2. The van der Waals surface area contributed by atoms with E-state index in [-0.39, 0.29) is 29.9 Å². The number of aliphatic hydroxyl groups is 1. The molecular formula is C25H29ClFN3O4. The van der Waals surface area contributed by atoms with Crippen molar-refractivity contribution in [3.8, 4) is 11.5 Å². The average Bonchev–Trinajstić information content (AvgIpc) is 3.31. The van der Waals surface area contributed by atoms with Crippen LogP contribution in [0.5, 0.6) is 11.5 Å². The van der Waals surface area contributed by atoms with Crippen molar-refractivity contribution in [3.05, 3.63) is 52.8 Å². The Morgan fingerprint density at radius 1 is 1.18 bits per heavy atom. The van der Waals surface area contributed by atoms with Gasteiger partial charge in [0.05, 0.1) is 12.0 Å². The predicted octanol–water partition coefficient (Wildman–Crippen LogP) is 3.00. The fourth-order valence-electron chi connectivity index (χ4n) is 4.76. The van der Waals surface area contributed by atoms with E-state index in [0.29, 0.717) is 30.3 Å². The Labute approximate surface area is 203 Å². The SMILES string of the molecule is O=C(NC(CN1CCC1)C(O)c1cc(F)c2c(c1)OCCO2)C1CCN(c2ccc(Cl)cc2)C1. The monoisotopic (exact) mass is 489 g/mol. The molecule has 3 aliphatic rings. The summed E-state index contributed by atoms with van der Waals surface area (Å²) in [6.07, 6.45) is 0.733. The number of rotatable bonds is 7. The van der Waals surface area contributed by atoms with E-state index in [1.165, 1.54) is 6.07 Å². The van der Waals surface area contributed by atoms with E-state index < -0.39 is 18.0 Å². The Bertz CT molecular complexity index is 1030. The number of nitrogens with one attached hydrogen (secondary N) is 1. The molecular weight excluding hydrogens is 461 g/mol. The van der Waals surface area contributed by atoms with Crippen LogP contribution in [-0.4, -0.2) is 67.9 Å². The molecule has 2 fully saturated rings. The van der Waals surface area contributed by atoms with E-state index >= 15 is 0 Å². The van der Waals surface area contributed by atoms with Crippen LogP contribution in [-0.2, 0) is 4.79 Å². The highest BCUT2D eigenvalue weighted by Gasteiger charge is 2.34. The highest BCUT2D eigenvalue weighted by molar-refractivity contribution is 6.30. The average molecular weight is 490 g/mol. The normalized spacial score (nSPS) is 21.6. The molecule has 3 heterocycles. The van der Waals surface area contributed by atoms with E-state index in [9.17, 15) is 14.3 Å². The van der Waals surface area contributed by atoms with E-state index in [0.717, 1.165) is 38.2 Å². The molecule has 3 unspecified atom stereocenters. The number of aliphatic hydroxyl groups excluding tert-OH is 1. The molecule has 3 aliphatic heterocycles. The Morgan fingerprint density at radius 3 is 2.68 bits per heavy atom. The molecule has 7 nitrogen and oxygen atoms in total. The number of likely N-dealkylation sites (tertiary alicyclic amines) is 1. The van der Waals surface area contributed by atoms with Crippen molar-refractivity contribution >= 4 is 23.2 Å². The number of anilines is 1. The molecule has 182 valence electrons. The van der Waals surface area contributed by atoms with Gasteiger partial charge in [0, 0.05) is 30.3 Å². The molecule has 2 saturated heterocycles. The molecule has 3 atom stereocenters. The van der Waals surface area contributed by atoms with Crippen molar-refractivity contribution in [2.75, 3.05) is 50.8 Å². The van der Waals surface area contributed by atoms with E-state index in [2.05, 4.69) is 15.1 Å². The van der Waals surface area contributed by atoms with Gasteiger partial charge >= 0.3 is 0 Å². The number of ether oxygens (including phenoxy) is 2. The van der Waals surface area contributed by atoms with Gasteiger partial charge in [0.1, 0.15) is 19.3 Å². The van der Waals surface area contributed by atoms with Gasteiger partial charge in [0.25, 0.3) is 0 Å². The molecule has 1 amide bonds. The third kappa shape index (κ3) is 4.94. The van der Waals surface area contributed by atoms with Gasteiger partial charge in [-0.25, -0.2) is 4.39 Å². The summed E-state index contributed by atoms with van der Waals surface area (Å²) >= 11 is 5.99. The first kappa shape index (κ1) is 23.2. The first-order valence-corrected chi connectivity index (χ1v) is 12.2. The zero-order valence-electron chi connectivity index (χ0n) is 18.9. The van der Waals surface area contributed by atoms with Crippen molar-refractivity contribution in [2.45, 2.75) is 25.0 Å². The van der Waals surface area contributed by atoms with Gasteiger partial charge in [-0.3, -0.25) is 4.79 Å². The number of hydrogen-bond donors (Lipinski definition) is 2. The molecule has 2 N–H and O–H groups in total. The smallest absolute Gasteiger partial charge is 0.225 e. The minimum absolute atomic E-state index is 0.0683. The molecule has 0 radical (unpaired) electrons. The second-order valence-electron chi connectivity index (χ2n) is 9.15. The van der Waals surface area contributed by atoms with Crippen LogP contribution >= 0.6 is 11.6 Å². The highest BCUT2D eigenvalue weighted by atomic mass is 35.5. The zero-order valence-corrected chi connectivity index (χ0v) is 19.6. The van der Waals surface area contributed by atoms with Crippen LogP contribution < -0.4 is 19.7 Å². The zero-order chi connectivity index (χ0) is 23.7. The maximum Gasteiger partial charge on any atom is 0.225 e. The third-order valence-electron chi connectivity index (χ3n) is 6.82. The van der Waals surface area contributed by atoms with Gasteiger partial charge in [-0.1, -0.05) is 11.6 Å². The highest BCUT2D eigenvalue weighted by Crippen LogP contribution is 2.36. The van der Waals surface area contributed by atoms with Crippen molar-refractivity contribution < 1.29 is 23.8 Å². The quantitative estimate of drug-likeness (QED) is 0.623. The minimum atomic E-state index is -1.08. The molecule has 0 aromatic heterocycles. The number of hydrogen-bond acceptors (Lipinski definition) is 6. The summed E-state index contributed by atoms with van der Waals surface area (Å²) < 4.78 is 25.5. The Kier molecular flexibility index (Phi) is 6.81. The molecule has 2 aromatic carbocycles. The van der Waals surface area contributed by atoms with Crippen LogP contribution in [0, 0.1) is 11.7 Å². The second kappa shape index (κ2) is 9.98. The molecule has 5 rings (SSSR count). The van der Waals surface area contributed by atoms with Crippen molar-refractivity contribution in [1.29, 1.82) is 0 Å². The molecule has 0 spiro atoms. The molecule has 2 aromatic rings. The Morgan fingerprint density at radius 2 is 1.94 bits per heavy atom. The second-order valence-corrected chi connectivity index (χ2v) is 9.59. The van der Waals surface area contributed by atoms with Gasteiger partial charge in [0.15, 0.2) is 17.3 Å². The lowest BCUT2D eigenvalue weighted by Crippen LogP contribution is -2.52. The number of benzene rings is 2. The Balaban J connectivity index is 1.29. The summed E-state index contributed by atoms with van der Waals surface area (Å²) in [5.41, 5.74) is 1.39. The lowest BCUT2D eigenvalue weighted by Gasteiger charge is -2.36. The van der Waals surface area contributed by atoms with Crippen molar-refractivity contribution in [1.82, 2.24) is 10.2 Å². The molecule has 0 saturated carbocycles. The van der Waals surface area contributed by atoms with Crippen LogP contribution in [0.1, 0.15) is 24.5 Å². The summed E-state index contributed by atoms with van der Waals surface area (Å²) in [4.78, 5) is 17.5. The van der Waals surface area contributed by atoms with E-state index in [4.69, 9.17) is 21.1 Å². The largest absolute Gasteiger partial charge is 0.486 e. The molecule has 34 heavy (non-hydrogen) atoms. The van der Waals surface area contributed by atoms with Gasteiger partial charge < -0.3 is 29.7 Å². The molecule has 0 aliphatic carbocycles. The number of fused-ring (bicyclic) bond motifs is 1. The van der Waals surface area contributed by atoms with E-state index in [1.54, 1.807) is 6.07 Å². The fourth-order valence-corrected chi connectivity index (χ4v) is 4.89. The lowest BCUT2D eigenvalue weighted by atomic mass is 9.98.